The molecule has 1 aliphatic carbocycles. The van der Waals surface area contributed by atoms with E-state index in [1.165, 1.54) is 11.8 Å². The molecule has 0 aromatic carbocycles. The van der Waals surface area contributed by atoms with E-state index in [9.17, 15) is 14.4 Å². The molecule has 24 heavy (non-hydrogen) atoms. The van der Waals surface area contributed by atoms with Crippen LogP contribution in [0.25, 0.3) is 0 Å². The van der Waals surface area contributed by atoms with Crippen LogP contribution in [-0.2, 0) is 19.1 Å². The van der Waals surface area contributed by atoms with Gasteiger partial charge in [-0.25, -0.2) is 4.79 Å². The van der Waals surface area contributed by atoms with Gasteiger partial charge in [0.15, 0.2) is 11.3 Å². The van der Waals surface area contributed by atoms with Crippen LogP contribution in [0.4, 0.5) is 0 Å². The van der Waals surface area contributed by atoms with Crippen molar-refractivity contribution < 1.29 is 24.2 Å². The maximum absolute atomic E-state index is 12.6. The number of carbonyl (C=O) groups excluding carboxylic acids is 2. The number of rotatable bonds is 9. The molecule has 0 radical (unpaired) electrons. The summed E-state index contributed by atoms with van der Waals surface area (Å²) in [5.74, 6) is -2.48. The predicted molar refractivity (Wildman–Crippen MR) is 92.7 cm³/mol. The second kappa shape index (κ2) is 8.31. The number of hydrogen-bond donors (Lipinski definition) is 3. The van der Waals surface area contributed by atoms with Gasteiger partial charge in [0.05, 0.1) is 19.6 Å². The third-order valence-electron chi connectivity index (χ3n) is 4.81. The molecule has 0 spiro atoms. The first kappa shape index (κ1) is 20.9. The summed E-state index contributed by atoms with van der Waals surface area (Å²) in [6.07, 6.45) is 3.64. The van der Waals surface area contributed by atoms with Crippen LogP contribution in [0.2, 0.25) is 0 Å². The fourth-order valence-electron chi connectivity index (χ4n) is 3.14. The van der Waals surface area contributed by atoms with Gasteiger partial charge >= 0.3 is 11.9 Å². The van der Waals surface area contributed by atoms with E-state index in [4.69, 9.17) is 21.3 Å². The number of ketones is 1. The minimum atomic E-state index is -1.93. The normalized spacial score (nSPS) is 20.4. The maximum Gasteiger partial charge on any atom is 0.334 e. The Hall–Kier alpha value is -1.12. The van der Waals surface area contributed by atoms with Crippen molar-refractivity contribution in [3.05, 3.63) is 0 Å². The van der Waals surface area contributed by atoms with Crippen LogP contribution in [0.15, 0.2) is 0 Å². The fraction of sp³-hybridized carbons (Fsp3) is 0.812. The summed E-state index contributed by atoms with van der Waals surface area (Å²) in [5, 5.41) is 8.82. The highest BCUT2D eigenvalue weighted by Gasteiger charge is 2.48. The Morgan fingerprint density at radius 2 is 1.83 bits per heavy atom. The highest BCUT2D eigenvalue weighted by atomic mass is 32.2. The molecule has 0 aliphatic heterocycles. The van der Waals surface area contributed by atoms with Gasteiger partial charge in [-0.1, -0.05) is 26.7 Å². The van der Waals surface area contributed by atoms with Gasteiger partial charge in [0.2, 0.25) is 0 Å². The summed E-state index contributed by atoms with van der Waals surface area (Å²) >= 11 is 1.51. The molecule has 138 valence electrons. The SMILES string of the molecule is COC(=O)[C@@](N)(CSC1(C(C)C)CCCC1)C(=O)[C@@H](N)CC(=O)O. The van der Waals surface area contributed by atoms with E-state index in [0.717, 1.165) is 32.8 Å². The van der Waals surface area contributed by atoms with Gasteiger partial charge in [-0.15, -0.1) is 0 Å². The van der Waals surface area contributed by atoms with Crippen LogP contribution in [0.1, 0.15) is 46.0 Å². The second-order valence-electron chi connectivity index (χ2n) is 6.75. The fourth-order valence-corrected chi connectivity index (χ4v) is 4.83. The van der Waals surface area contributed by atoms with Crippen LogP contribution in [0, 0.1) is 5.92 Å². The number of hydrogen-bond acceptors (Lipinski definition) is 7. The van der Waals surface area contributed by atoms with Gasteiger partial charge in [-0.2, -0.15) is 11.8 Å². The third kappa shape index (κ3) is 4.49. The number of nitrogens with two attached hydrogens (primary N) is 2. The minimum absolute atomic E-state index is 0.0318. The van der Waals surface area contributed by atoms with Crippen LogP contribution in [-0.4, -0.2) is 52.0 Å². The molecular weight excluding hydrogens is 332 g/mol. The molecule has 0 saturated heterocycles. The molecular formula is C16H28N2O5S. The predicted octanol–water partition coefficient (Wildman–Crippen LogP) is 0.930. The standard InChI is InChI=1S/C16H28N2O5S/c1-10(2)15(6-4-5-7-15)24-9-16(18,14(22)23-3)13(21)11(17)8-12(19)20/h10-11H,4-9,17-18H2,1-3H3,(H,19,20)/t11-,16+/m0/s1. The van der Waals surface area contributed by atoms with Crippen molar-refractivity contribution in [2.24, 2.45) is 17.4 Å². The molecule has 0 bridgehead atoms. The number of thioether (sulfide) groups is 1. The van der Waals surface area contributed by atoms with Crippen molar-refractivity contribution in [1.29, 1.82) is 0 Å². The molecule has 0 heterocycles. The Morgan fingerprint density at radius 3 is 2.25 bits per heavy atom. The molecule has 0 aromatic heterocycles. The monoisotopic (exact) mass is 360 g/mol. The van der Waals surface area contributed by atoms with E-state index >= 15 is 0 Å². The van der Waals surface area contributed by atoms with Crippen LogP contribution < -0.4 is 11.5 Å². The largest absolute Gasteiger partial charge is 0.481 e. The summed E-state index contributed by atoms with van der Waals surface area (Å²) in [4.78, 5) is 35.5. The smallest absolute Gasteiger partial charge is 0.334 e. The quantitative estimate of drug-likeness (QED) is 0.408. The van der Waals surface area contributed by atoms with E-state index in [0.29, 0.717) is 5.92 Å². The Kier molecular flexibility index (Phi) is 7.25. The van der Waals surface area contributed by atoms with E-state index in [1.54, 1.807) is 0 Å². The molecule has 1 aliphatic rings. The van der Waals surface area contributed by atoms with Gasteiger partial charge in [0.25, 0.3) is 0 Å². The molecule has 0 amide bonds. The Morgan fingerprint density at radius 1 is 1.29 bits per heavy atom. The average Bonchev–Trinajstić information content (AvgIpc) is 3.00. The van der Waals surface area contributed by atoms with Crippen molar-refractivity contribution >= 4 is 29.5 Å². The van der Waals surface area contributed by atoms with E-state index < -0.39 is 35.7 Å². The van der Waals surface area contributed by atoms with E-state index in [2.05, 4.69) is 13.8 Å². The molecule has 0 aromatic rings. The number of methoxy groups -OCH3 is 1. The molecule has 1 saturated carbocycles. The van der Waals surface area contributed by atoms with Gasteiger partial charge in [0.1, 0.15) is 0 Å². The summed E-state index contributed by atoms with van der Waals surface area (Å²) in [6, 6.07) is -1.34. The number of carbonyl (C=O) groups is 3. The third-order valence-corrected chi connectivity index (χ3v) is 6.86. The molecule has 5 N–H and O–H groups in total. The first-order chi connectivity index (χ1) is 11.1. The molecule has 1 rings (SSSR count). The van der Waals surface area contributed by atoms with Crippen molar-refractivity contribution in [3.63, 3.8) is 0 Å². The van der Waals surface area contributed by atoms with Crippen LogP contribution >= 0.6 is 11.8 Å². The van der Waals surface area contributed by atoms with Crippen molar-refractivity contribution in [1.82, 2.24) is 0 Å². The highest BCUT2D eigenvalue weighted by molar-refractivity contribution is 8.00. The molecule has 1 fully saturated rings. The summed E-state index contributed by atoms with van der Waals surface area (Å²) in [6.45, 7) is 4.24. The number of esters is 1. The number of aliphatic carboxylic acids is 1. The van der Waals surface area contributed by atoms with E-state index in [-0.39, 0.29) is 10.5 Å². The van der Waals surface area contributed by atoms with Crippen LogP contribution in [0.3, 0.4) is 0 Å². The molecule has 0 unspecified atom stereocenters. The lowest BCUT2D eigenvalue weighted by Crippen LogP contribution is -2.63. The summed E-state index contributed by atoms with van der Waals surface area (Å²) in [5.41, 5.74) is 9.81. The van der Waals surface area contributed by atoms with Gasteiger partial charge < -0.3 is 21.3 Å². The van der Waals surface area contributed by atoms with Crippen molar-refractivity contribution in [2.45, 2.75) is 62.3 Å². The Bertz CT molecular complexity index is 491. The minimum Gasteiger partial charge on any atom is -0.481 e. The first-order valence-corrected chi connectivity index (χ1v) is 9.10. The van der Waals surface area contributed by atoms with Gasteiger partial charge in [-0.3, -0.25) is 9.59 Å². The lowest BCUT2D eigenvalue weighted by Gasteiger charge is -2.36. The number of carboxylic acids is 1. The molecule has 2 atom stereocenters. The first-order valence-electron chi connectivity index (χ1n) is 8.12. The van der Waals surface area contributed by atoms with Crippen LogP contribution in [0.5, 0.6) is 0 Å². The number of carboxylic acid groups (broad SMARTS) is 1. The Labute approximate surface area is 146 Å². The lowest BCUT2D eigenvalue weighted by molar-refractivity contribution is -0.151. The zero-order valence-electron chi connectivity index (χ0n) is 14.5. The van der Waals surface area contributed by atoms with Gasteiger partial charge in [-0.05, 0) is 18.8 Å². The topological polar surface area (TPSA) is 133 Å². The number of Topliss-reactive ketones (excluding diaryl/α,β-unsaturated/α-hetero) is 1. The zero-order chi connectivity index (χ0) is 18.5. The summed E-state index contributed by atoms with van der Waals surface area (Å²) < 4.78 is 4.67. The number of ether oxygens (including phenoxy) is 1. The summed E-state index contributed by atoms with van der Waals surface area (Å²) in [7, 11) is 1.15. The molecule has 8 heteroatoms. The highest BCUT2D eigenvalue weighted by Crippen LogP contribution is 2.47. The van der Waals surface area contributed by atoms with Gasteiger partial charge in [0, 0.05) is 10.5 Å². The second-order valence-corrected chi connectivity index (χ2v) is 8.14. The molecule has 7 nitrogen and oxygen atoms in total. The average molecular weight is 360 g/mol. The maximum atomic E-state index is 12.6. The van der Waals surface area contributed by atoms with Crippen molar-refractivity contribution in [3.8, 4) is 0 Å². The Balaban J connectivity index is 2.97. The van der Waals surface area contributed by atoms with E-state index in [1.807, 2.05) is 0 Å². The van der Waals surface area contributed by atoms with Crippen molar-refractivity contribution in [2.75, 3.05) is 12.9 Å². The lowest BCUT2D eigenvalue weighted by atomic mass is 9.91. The zero-order valence-corrected chi connectivity index (χ0v) is 15.4.